The molecule has 0 saturated carbocycles. The van der Waals surface area contributed by atoms with Gasteiger partial charge in [0.15, 0.2) is 0 Å². The largest absolute Gasteiger partial charge is 0.385 e. The monoisotopic (exact) mass is 263 g/mol. The summed E-state index contributed by atoms with van der Waals surface area (Å²) in [6, 6.07) is 16.9. The first-order chi connectivity index (χ1) is 9.84. The Morgan fingerprint density at radius 1 is 1.10 bits per heavy atom. The molecule has 1 aliphatic heterocycles. The van der Waals surface area contributed by atoms with E-state index in [1.165, 1.54) is 22.6 Å². The number of aryl methyl sites for hydroxylation is 1. The molecule has 0 radical (unpaired) electrons. The summed E-state index contributed by atoms with van der Waals surface area (Å²) in [7, 11) is 2.12. The molecule has 3 heteroatoms. The van der Waals surface area contributed by atoms with Gasteiger partial charge in [-0.1, -0.05) is 30.3 Å². The number of rotatable bonds is 1. The molecule has 0 amide bonds. The Balaban J connectivity index is 1.90. The number of nitrogens with one attached hydrogen (secondary N) is 1. The molecule has 0 bridgehead atoms. The molecule has 4 rings (SSSR count). The van der Waals surface area contributed by atoms with Gasteiger partial charge in [0.2, 0.25) is 0 Å². The Morgan fingerprint density at radius 3 is 2.80 bits per heavy atom. The van der Waals surface area contributed by atoms with E-state index in [1.54, 1.807) is 0 Å². The topological polar surface area (TPSA) is 29.9 Å². The van der Waals surface area contributed by atoms with Crippen LogP contribution >= 0.6 is 0 Å². The molecule has 2 heterocycles. The molecule has 0 saturated heterocycles. The van der Waals surface area contributed by atoms with Crippen molar-refractivity contribution in [2.45, 2.75) is 12.3 Å². The minimum absolute atomic E-state index is 0.379. The van der Waals surface area contributed by atoms with Crippen molar-refractivity contribution in [3.05, 3.63) is 59.9 Å². The van der Waals surface area contributed by atoms with Gasteiger partial charge in [-0.25, -0.2) is 4.98 Å². The zero-order valence-corrected chi connectivity index (χ0v) is 11.5. The summed E-state index contributed by atoms with van der Waals surface area (Å²) >= 11 is 0. The SMILES string of the molecule is Cn1c(C2CCNc3ccccc32)nc2ccccc21. The van der Waals surface area contributed by atoms with Gasteiger partial charge in [-0.05, 0) is 30.2 Å². The van der Waals surface area contributed by atoms with Crippen LogP contribution in [0.15, 0.2) is 48.5 Å². The van der Waals surface area contributed by atoms with Crippen molar-refractivity contribution >= 4 is 16.7 Å². The van der Waals surface area contributed by atoms with Crippen molar-refractivity contribution in [1.82, 2.24) is 9.55 Å². The maximum Gasteiger partial charge on any atom is 0.117 e. The lowest BCUT2D eigenvalue weighted by Gasteiger charge is -2.26. The van der Waals surface area contributed by atoms with Gasteiger partial charge in [0.05, 0.1) is 11.0 Å². The third-order valence-electron chi connectivity index (χ3n) is 4.22. The van der Waals surface area contributed by atoms with Gasteiger partial charge < -0.3 is 9.88 Å². The summed E-state index contributed by atoms with van der Waals surface area (Å²) in [4.78, 5) is 4.87. The summed E-state index contributed by atoms with van der Waals surface area (Å²) in [5.74, 6) is 1.55. The lowest BCUT2D eigenvalue weighted by molar-refractivity contribution is 0.649. The highest BCUT2D eigenvalue weighted by Crippen LogP contribution is 2.36. The first kappa shape index (κ1) is 11.5. The Bertz CT molecular complexity index is 773. The van der Waals surface area contributed by atoms with Gasteiger partial charge in [0, 0.05) is 25.2 Å². The number of aromatic nitrogens is 2. The maximum absolute atomic E-state index is 4.87. The molecule has 0 spiro atoms. The number of imidazole rings is 1. The van der Waals surface area contributed by atoms with E-state index in [0.717, 1.165) is 18.5 Å². The molecule has 1 N–H and O–H groups in total. The summed E-state index contributed by atoms with van der Waals surface area (Å²) < 4.78 is 2.24. The number of benzene rings is 2. The highest BCUT2D eigenvalue weighted by atomic mass is 15.1. The molecule has 1 atom stereocenters. The highest BCUT2D eigenvalue weighted by Gasteiger charge is 2.25. The van der Waals surface area contributed by atoms with Crippen LogP contribution in [0.2, 0.25) is 0 Å². The van der Waals surface area contributed by atoms with Crippen molar-refractivity contribution in [2.24, 2.45) is 7.05 Å². The number of nitrogens with zero attached hydrogens (tertiary/aromatic N) is 2. The van der Waals surface area contributed by atoms with E-state index in [0.29, 0.717) is 5.92 Å². The van der Waals surface area contributed by atoms with Gasteiger partial charge in [-0.3, -0.25) is 0 Å². The van der Waals surface area contributed by atoms with E-state index < -0.39 is 0 Å². The van der Waals surface area contributed by atoms with E-state index in [2.05, 4.69) is 65.5 Å². The molecule has 0 fully saturated rings. The van der Waals surface area contributed by atoms with Crippen LogP contribution in [-0.4, -0.2) is 16.1 Å². The van der Waals surface area contributed by atoms with E-state index in [1.807, 2.05) is 0 Å². The fourth-order valence-electron chi connectivity index (χ4n) is 3.21. The predicted octanol–water partition coefficient (Wildman–Crippen LogP) is 3.52. The van der Waals surface area contributed by atoms with Crippen molar-refractivity contribution in [3.8, 4) is 0 Å². The molecule has 3 nitrogen and oxygen atoms in total. The number of anilines is 1. The van der Waals surface area contributed by atoms with Crippen LogP contribution in [0.4, 0.5) is 5.69 Å². The Hall–Kier alpha value is -2.29. The molecule has 1 aromatic heterocycles. The second kappa shape index (κ2) is 4.37. The lowest BCUT2D eigenvalue weighted by atomic mass is 9.90. The number of fused-ring (bicyclic) bond motifs is 2. The van der Waals surface area contributed by atoms with E-state index in [-0.39, 0.29) is 0 Å². The molecule has 3 aromatic rings. The lowest BCUT2D eigenvalue weighted by Crippen LogP contribution is -2.19. The number of para-hydroxylation sites is 3. The third kappa shape index (κ3) is 1.63. The van der Waals surface area contributed by atoms with E-state index in [4.69, 9.17) is 4.98 Å². The van der Waals surface area contributed by atoms with Gasteiger partial charge in [0.25, 0.3) is 0 Å². The molecule has 0 aliphatic carbocycles. The maximum atomic E-state index is 4.87. The van der Waals surface area contributed by atoms with Crippen LogP contribution in [0.25, 0.3) is 11.0 Å². The number of hydrogen-bond acceptors (Lipinski definition) is 2. The molecule has 100 valence electrons. The molecule has 1 unspecified atom stereocenters. The van der Waals surface area contributed by atoms with Crippen LogP contribution in [0, 0.1) is 0 Å². The molecule has 20 heavy (non-hydrogen) atoms. The van der Waals surface area contributed by atoms with Crippen molar-refractivity contribution in [3.63, 3.8) is 0 Å². The molecular weight excluding hydrogens is 246 g/mol. The average molecular weight is 263 g/mol. The molecule has 2 aromatic carbocycles. The zero-order chi connectivity index (χ0) is 13.5. The first-order valence-corrected chi connectivity index (χ1v) is 7.09. The van der Waals surface area contributed by atoms with Crippen LogP contribution in [0.5, 0.6) is 0 Å². The van der Waals surface area contributed by atoms with E-state index >= 15 is 0 Å². The summed E-state index contributed by atoms with van der Waals surface area (Å²) in [5.41, 5.74) is 4.90. The Morgan fingerprint density at radius 2 is 1.90 bits per heavy atom. The summed E-state index contributed by atoms with van der Waals surface area (Å²) in [6.07, 6.45) is 1.09. The second-order valence-corrected chi connectivity index (χ2v) is 5.37. The third-order valence-corrected chi connectivity index (χ3v) is 4.22. The minimum atomic E-state index is 0.379. The Labute approximate surface area is 118 Å². The van der Waals surface area contributed by atoms with Crippen LogP contribution in [-0.2, 0) is 7.05 Å². The minimum Gasteiger partial charge on any atom is -0.385 e. The quantitative estimate of drug-likeness (QED) is 0.728. The molecular formula is C17H17N3. The molecule has 1 aliphatic rings. The van der Waals surface area contributed by atoms with Gasteiger partial charge in [-0.2, -0.15) is 0 Å². The normalized spacial score (nSPS) is 17.8. The zero-order valence-electron chi connectivity index (χ0n) is 11.5. The number of hydrogen-bond donors (Lipinski definition) is 1. The van der Waals surface area contributed by atoms with Crippen molar-refractivity contribution in [2.75, 3.05) is 11.9 Å². The summed E-state index contributed by atoms with van der Waals surface area (Å²) in [5, 5.41) is 3.48. The highest BCUT2D eigenvalue weighted by molar-refractivity contribution is 5.76. The van der Waals surface area contributed by atoms with Gasteiger partial charge in [0.1, 0.15) is 5.82 Å². The second-order valence-electron chi connectivity index (χ2n) is 5.37. The smallest absolute Gasteiger partial charge is 0.117 e. The Kier molecular flexibility index (Phi) is 2.52. The summed E-state index contributed by atoms with van der Waals surface area (Å²) in [6.45, 7) is 1.00. The van der Waals surface area contributed by atoms with Crippen LogP contribution in [0.3, 0.4) is 0 Å². The van der Waals surface area contributed by atoms with Gasteiger partial charge in [-0.15, -0.1) is 0 Å². The van der Waals surface area contributed by atoms with Crippen LogP contribution < -0.4 is 5.32 Å². The fraction of sp³-hybridized carbons (Fsp3) is 0.235. The van der Waals surface area contributed by atoms with Crippen molar-refractivity contribution in [1.29, 1.82) is 0 Å². The van der Waals surface area contributed by atoms with Crippen molar-refractivity contribution < 1.29 is 0 Å². The van der Waals surface area contributed by atoms with E-state index in [9.17, 15) is 0 Å². The first-order valence-electron chi connectivity index (χ1n) is 7.09. The predicted molar refractivity (Wildman–Crippen MR) is 82.1 cm³/mol. The fourth-order valence-corrected chi connectivity index (χ4v) is 3.21. The van der Waals surface area contributed by atoms with Gasteiger partial charge >= 0.3 is 0 Å². The standard InChI is InChI=1S/C17H17N3/c1-20-16-9-5-4-8-15(16)19-17(20)13-10-11-18-14-7-3-2-6-12(13)14/h2-9,13,18H,10-11H2,1H3. The van der Waals surface area contributed by atoms with Crippen LogP contribution in [0.1, 0.15) is 23.7 Å². The average Bonchev–Trinajstić information content (AvgIpc) is 2.84.